The number of benzene rings is 1. The molecule has 5 nitrogen and oxygen atoms in total. The molecule has 2 aromatic rings. The lowest BCUT2D eigenvalue weighted by Crippen LogP contribution is -2.33. The zero-order chi connectivity index (χ0) is 15.5. The summed E-state index contributed by atoms with van der Waals surface area (Å²) in [6.07, 6.45) is 1.55. The van der Waals surface area contributed by atoms with E-state index in [9.17, 15) is 8.42 Å². The third-order valence-electron chi connectivity index (χ3n) is 3.30. The SMILES string of the molecule is Cc1noc(C)c1S(=O)(=O)N[C@@H](C)CCc1ccccc1. The molecule has 0 aliphatic carbocycles. The van der Waals surface area contributed by atoms with Gasteiger partial charge in [-0.25, -0.2) is 13.1 Å². The molecule has 0 radical (unpaired) electrons. The summed E-state index contributed by atoms with van der Waals surface area (Å²) in [5.41, 5.74) is 1.58. The fourth-order valence-corrected chi connectivity index (χ4v) is 3.88. The molecule has 0 aliphatic heterocycles. The van der Waals surface area contributed by atoms with Crippen molar-refractivity contribution in [1.82, 2.24) is 9.88 Å². The number of nitrogens with zero attached hydrogens (tertiary/aromatic N) is 1. The molecule has 0 fully saturated rings. The molecule has 0 bridgehead atoms. The zero-order valence-corrected chi connectivity index (χ0v) is 13.3. The summed E-state index contributed by atoms with van der Waals surface area (Å²) in [7, 11) is -3.59. The normalized spacial score (nSPS) is 13.3. The van der Waals surface area contributed by atoms with Crippen molar-refractivity contribution in [3.63, 3.8) is 0 Å². The van der Waals surface area contributed by atoms with Gasteiger partial charge in [0, 0.05) is 6.04 Å². The molecule has 0 spiro atoms. The molecule has 1 aromatic carbocycles. The van der Waals surface area contributed by atoms with E-state index in [1.165, 1.54) is 5.56 Å². The van der Waals surface area contributed by atoms with Crippen LogP contribution in [0.2, 0.25) is 0 Å². The van der Waals surface area contributed by atoms with Gasteiger partial charge in [0.1, 0.15) is 10.6 Å². The summed E-state index contributed by atoms with van der Waals surface area (Å²) in [5, 5.41) is 3.69. The zero-order valence-electron chi connectivity index (χ0n) is 12.5. The minimum atomic E-state index is -3.59. The van der Waals surface area contributed by atoms with E-state index in [-0.39, 0.29) is 10.9 Å². The first-order chi connectivity index (χ1) is 9.90. The lowest BCUT2D eigenvalue weighted by atomic mass is 10.1. The van der Waals surface area contributed by atoms with Gasteiger partial charge in [0.25, 0.3) is 0 Å². The number of nitrogens with one attached hydrogen (secondary N) is 1. The van der Waals surface area contributed by atoms with Gasteiger partial charge < -0.3 is 4.52 Å². The quantitative estimate of drug-likeness (QED) is 0.890. The lowest BCUT2D eigenvalue weighted by molar-refractivity contribution is 0.390. The molecule has 0 saturated heterocycles. The fraction of sp³-hybridized carbons (Fsp3) is 0.400. The van der Waals surface area contributed by atoms with Crippen LogP contribution >= 0.6 is 0 Å². The molecule has 0 amide bonds. The third kappa shape index (κ3) is 3.92. The Morgan fingerprint density at radius 2 is 1.90 bits per heavy atom. The topological polar surface area (TPSA) is 72.2 Å². The molecule has 0 unspecified atom stereocenters. The van der Waals surface area contributed by atoms with Gasteiger partial charge in [0.2, 0.25) is 10.0 Å². The van der Waals surface area contributed by atoms with Crippen LogP contribution in [0, 0.1) is 13.8 Å². The van der Waals surface area contributed by atoms with E-state index < -0.39 is 10.0 Å². The Morgan fingerprint density at radius 1 is 1.24 bits per heavy atom. The minimum absolute atomic E-state index is 0.147. The smallest absolute Gasteiger partial charge is 0.246 e. The van der Waals surface area contributed by atoms with E-state index in [2.05, 4.69) is 9.88 Å². The molecule has 6 heteroatoms. The maximum Gasteiger partial charge on any atom is 0.246 e. The van der Waals surface area contributed by atoms with Gasteiger partial charge in [-0.3, -0.25) is 0 Å². The summed E-state index contributed by atoms with van der Waals surface area (Å²) in [6.45, 7) is 5.08. The van der Waals surface area contributed by atoms with Crippen molar-refractivity contribution in [3.8, 4) is 0 Å². The highest BCUT2D eigenvalue weighted by Crippen LogP contribution is 2.19. The Balaban J connectivity index is 2.00. The number of aryl methyl sites for hydroxylation is 3. The monoisotopic (exact) mass is 308 g/mol. The van der Waals surface area contributed by atoms with Crippen LogP contribution < -0.4 is 4.72 Å². The molecule has 0 saturated carbocycles. The molecule has 114 valence electrons. The van der Waals surface area contributed by atoms with E-state index in [0.717, 1.165) is 12.8 Å². The Kier molecular flexibility index (Phi) is 4.80. The van der Waals surface area contributed by atoms with Gasteiger partial charge in [-0.1, -0.05) is 35.5 Å². The maximum absolute atomic E-state index is 12.3. The van der Waals surface area contributed by atoms with Crippen LogP contribution in [-0.2, 0) is 16.4 Å². The van der Waals surface area contributed by atoms with E-state index >= 15 is 0 Å². The summed E-state index contributed by atoms with van der Waals surface area (Å²) >= 11 is 0. The highest BCUT2D eigenvalue weighted by atomic mass is 32.2. The largest absolute Gasteiger partial charge is 0.360 e. The van der Waals surface area contributed by atoms with Crippen molar-refractivity contribution in [3.05, 3.63) is 47.3 Å². The molecular weight excluding hydrogens is 288 g/mol. The van der Waals surface area contributed by atoms with E-state index in [1.54, 1.807) is 13.8 Å². The predicted octanol–water partition coefficient (Wildman–Crippen LogP) is 2.59. The van der Waals surface area contributed by atoms with Crippen molar-refractivity contribution in [2.45, 2.75) is 44.6 Å². The number of rotatable bonds is 6. The fourth-order valence-electron chi connectivity index (χ4n) is 2.27. The van der Waals surface area contributed by atoms with Crippen LogP contribution in [0.5, 0.6) is 0 Å². The highest BCUT2D eigenvalue weighted by molar-refractivity contribution is 7.89. The van der Waals surface area contributed by atoms with Crippen molar-refractivity contribution in [2.75, 3.05) is 0 Å². The summed E-state index contributed by atoms with van der Waals surface area (Å²) < 4.78 is 32.3. The Bertz CT molecular complexity index is 673. The van der Waals surface area contributed by atoms with E-state index in [0.29, 0.717) is 11.5 Å². The van der Waals surface area contributed by atoms with Crippen LogP contribution in [-0.4, -0.2) is 19.6 Å². The molecule has 1 heterocycles. The van der Waals surface area contributed by atoms with Gasteiger partial charge in [0.15, 0.2) is 5.76 Å². The standard InChI is InChI=1S/C15H20N2O3S/c1-11(9-10-14-7-5-4-6-8-14)17-21(18,19)15-12(2)16-20-13(15)3/h4-8,11,17H,9-10H2,1-3H3/t11-/m0/s1. The lowest BCUT2D eigenvalue weighted by Gasteiger charge is -2.14. The Morgan fingerprint density at radius 3 is 2.48 bits per heavy atom. The molecular formula is C15H20N2O3S. The summed E-state index contributed by atoms with van der Waals surface area (Å²) in [6, 6.07) is 9.84. The van der Waals surface area contributed by atoms with Gasteiger partial charge in [-0.05, 0) is 39.2 Å². The number of hydrogen-bond donors (Lipinski definition) is 1. The Hall–Kier alpha value is -1.66. The first kappa shape index (κ1) is 15.7. The number of sulfonamides is 1. The molecule has 2 rings (SSSR count). The maximum atomic E-state index is 12.3. The average molecular weight is 308 g/mol. The van der Waals surface area contributed by atoms with Crippen molar-refractivity contribution >= 4 is 10.0 Å². The van der Waals surface area contributed by atoms with E-state index in [1.807, 2.05) is 37.3 Å². The Labute approximate surface area is 125 Å². The van der Waals surface area contributed by atoms with Gasteiger partial charge in [-0.15, -0.1) is 0 Å². The molecule has 21 heavy (non-hydrogen) atoms. The van der Waals surface area contributed by atoms with Gasteiger partial charge >= 0.3 is 0 Å². The van der Waals surface area contributed by atoms with Crippen LogP contribution in [0.4, 0.5) is 0 Å². The molecule has 1 atom stereocenters. The second-order valence-electron chi connectivity index (χ2n) is 5.20. The van der Waals surface area contributed by atoms with Gasteiger partial charge in [-0.2, -0.15) is 0 Å². The first-order valence-corrected chi connectivity index (χ1v) is 8.37. The summed E-state index contributed by atoms with van der Waals surface area (Å²) in [4.78, 5) is 0.147. The first-order valence-electron chi connectivity index (χ1n) is 6.89. The highest BCUT2D eigenvalue weighted by Gasteiger charge is 2.25. The van der Waals surface area contributed by atoms with Crippen molar-refractivity contribution in [2.24, 2.45) is 0 Å². The van der Waals surface area contributed by atoms with Crippen LogP contribution in [0.15, 0.2) is 39.8 Å². The van der Waals surface area contributed by atoms with Crippen molar-refractivity contribution < 1.29 is 12.9 Å². The number of aromatic nitrogens is 1. The second-order valence-corrected chi connectivity index (χ2v) is 6.85. The molecule has 1 aromatic heterocycles. The average Bonchev–Trinajstić information content (AvgIpc) is 2.77. The second kappa shape index (κ2) is 6.41. The number of hydrogen-bond acceptors (Lipinski definition) is 4. The van der Waals surface area contributed by atoms with Gasteiger partial charge in [0.05, 0.1) is 0 Å². The van der Waals surface area contributed by atoms with Crippen molar-refractivity contribution in [1.29, 1.82) is 0 Å². The summed E-state index contributed by atoms with van der Waals surface area (Å²) in [5.74, 6) is 0.315. The van der Waals surface area contributed by atoms with Crippen LogP contribution in [0.25, 0.3) is 0 Å². The molecule has 1 N–H and O–H groups in total. The predicted molar refractivity (Wildman–Crippen MR) is 80.5 cm³/mol. The minimum Gasteiger partial charge on any atom is -0.360 e. The van der Waals surface area contributed by atoms with E-state index in [4.69, 9.17) is 4.52 Å². The van der Waals surface area contributed by atoms with Crippen LogP contribution in [0.3, 0.4) is 0 Å². The third-order valence-corrected chi connectivity index (χ3v) is 5.13. The molecule has 0 aliphatic rings. The van der Waals surface area contributed by atoms with Crippen LogP contribution in [0.1, 0.15) is 30.4 Å².